The van der Waals surface area contributed by atoms with Crippen LogP contribution < -0.4 is 5.73 Å². The number of aliphatic hydroxyl groups excluding tert-OH is 1. The van der Waals surface area contributed by atoms with E-state index in [9.17, 15) is 0 Å². The van der Waals surface area contributed by atoms with E-state index in [0.717, 1.165) is 6.42 Å². The summed E-state index contributed by atoms with van der Waals surface area (Å²) < 4.78 is 5.26. The van der Waals surface area contributed by atoms with Gasteiger partial charge in [-0.25, -0.2) is 0 Å². The van der Waals surface area contributed by atoms with Crippen molar-refractivity contribution in [2.45, 2.75) is 18.6 Å². The lowest BCUT2D eigenvalue weighted by Crippen LogP contribution is -2.40. The minimum absolute atomic E-state index is 0.00148. The number of hydrogen-bond acceptors (Lipinski definition) is 3. The van der Waals surface area contributed by atoms with Gasteiger partial charge >= 0.3 is 0 Å². The Morgan fingerprint density at radius 1 is 1.70 bits per heavy atom. The van der Waals surface area contributed by atoms with E-state index in [2.05, 4.69) is 0 Å². The first kappa shape index (κ1) is 7.72. The Hall–Kier alpha value is -0.380. The predicted molar refractivity (Wildman–Crippen MR) is 38.6 cm³/mol. The first-order valence-electron chi connectivity index (χ1n) is 3.47. The Balaban J connectivity index is 2.33. The normalized spacial score (nSPS) is 28.4. The smallest absolute Gasteiger partial charge is 0.0786 e. The van der Waals surface area contributed by atoms with Crippen molar-refractivity contribution in [1.29, 1.82) is 0 Å². The van der Waals surface area contributed by atoms with Gasteiger partial charge in [-0.3, -0.25) is 0 Å². The zero-order valence-electron chi connectivity index (χ0n) is 5.86. The van der Waals surface area contributed by atoms with E-state index in [-0.39, 0.29) is 18.8 Å². The first-order valence-corrected chi connectivity index (χ1v) is 3.47. The van der Waals surface area contributed by atoms with Crippen LogP contribution in [0.3, 0.4) is 0 Å². The Kier molecular flexibility index (Phi) is 2.86. The predicted octanol–water partition coefficient (Wildman–Crippen LogP) is -0.349. The Morgan fingerprint density at radius 3 is 3.00 bits per heavy atom. The lowest BCUT2D eigenvalue weighted by Gasteiger charge is -2.23. The highest BCUT2D eigenvalue weighted by atomic mass is 16.5. The highest BCUT2D eigenvalue weighted by Gasteiger charge is 2.17. The van der Waals surface area contributed by atoms with Gasteiger partial charge in [-0.15, -0.1) is 0 Å². The molecule has 3 N–H and O–H groups in total. The van der Waals surface area contributed by atoms with Crippen molar-refractivity contribution in [3.63, 3.8) is 0 Å². The van der Waals surface area contributed by atoms with Crippen molar-refractivity contribution < 1.29 is 9.84 Å². The summed E-state index contributed by atoms with van der Waals surface area (Å²) in [6.45, 7) is 0.622. The molecule has 0 unspecified atom stereocenters. The number of nitrogens with two attached hydrogens (primary N) is 1. The van der Waals surface area contributed by atoms with Crippen molar-refractivity contribution in [1.82, 2.24) is 0 Å². The van der Waals surface area contributed by atoms with Crippen LogP contribution in [-0.2, 0) is 4.74 Å². The maximum absolute atomic E-state index is 8.66. The molecule has 0 aromatic heterocycles. The molecule has 10 heavy (non-hydrogen) atoms. The molecule has 0 saturated heterocycles. The SMILES string of the molecule is N[C@H](CO)[C@H]1CC=CCO1. The van der Waals surface area contributed by atoms with E-state index >= 15 is 0 Å². The fourth-order valence-electron chi connectivity index (χ4n) is 0.962. The van der Waals surface area contributed by atoms with Crippen LogP contribution in [0, 0.1) is 0 Å². The molecule has 3 heteroatoms. The second kappa shape index (κ2) is 3.71. The lowest BCUT2D eigenvalue weighted by molar-refractivity contribution is 0.0329. The van der Waals surface area contributed by atoms with Gasteiger partial charge in [0.1, 0.15) is 0 Å². The van der Waals surface area contributed by atoms with Crippen LogP contribution in [0.25, 0.3) is 0 Å². The van der Waals surface area contributed by atoms with Crippen molar-refractivity contribution in [2.24, 2.45) is 5.73 Å². The van der Waals surface area contributed by atoms with Gasteiger partial charge in [-0.05, 0) is 6.42 Å². The standard InChI is InChI=1S/C7H13NO2/c8-6(5-9)7-3-1-2-4-10-7/h1-2,6-7,9H,3-5,8H2/t6-,7-/m1/s1. The minimum Gasteiger partial charge on any atom is -0.395 e. The highest BCUT2D eigenvalue weighted by Crippen LogP contribution is 2.08. The number of rotatable bonds is 2. The quantitative estimate of drug-likeness (QED) is 0.519. The molecule has 0 bridgehead atoms. The molecular formula is C7H13NO2. The van der Waals surface area contributed by atoms with E-state index in [1.165, 1.54) is 0 Å². The minimum atomic E-state index is -0.232. The van der Waals surface area contributed by atoms with Crippen LogP contribution in [0.4, 0.5) is 0 Å². The Morgan fingerprint density at radius 2 is 2.50 bits per heavy atom. The second-order valence-electron chi connectivity index (χ2n) is 2.43. The highest BCUT2D eigenvalue weighted by molar-refractivity contribution is 4.92. The molecule has 58 valence electrons. The summed E-state index contributed by atoms with van der Waals surface area (Å²) in [5.74, 6) is 0. The van der Waals surface area contributed by atoms with Crippen LogP contribution >= 0.6 is 0 Å². The number of hydrogen-bond donors (Lipinski definition) is 2. The summed E-state index contributed by atoms with van der Waals surface area (Å²) >= 11 is 0. The van der Waals surface area contributed by atoms with E-state index < -0.39 is 0 Å². The molecule has 0 fully saturated rings. The molecule has 1 rings (SSSR count). The molecule has 0 aromatic rings. The van der Waals surface area contributed by atoms with Gasteiger partial charge in [0.15, 0.2) is 0 Å². The topological polar surface area (TPSA) is 55.5 Å². The fourth-order valence-corrected chi connectivity index (χ4v) is 0.962. The third-order valence-corrected chi connectivity index (χ3v) is 1.63. The summed E-state index contributed by atoms with van der Waals surface area (Å²) in [6, 6.07) is -0.232. The largest absolute Gasteiger partial charge is 0.395 e. The molecular weight excluding hydrogens is 130 g/mol. The molecule has 3 nitrogen and oxygen atoms in total. The van der Waals surface area contributed by atoms with Gasteiger partial charge < -0.3 is 15.6 Å². The molecule has 0 spiro atoms. The summed E-state index contributed by atoms with van der Waals surface area (Å²) in [4.78, 5) is 0. The van der Waals surface area contributed by atoms with Gasteiger partial charge in [0.2, 0.25) is 0 Å². The van der Waals surface area contributed by atoms with Crippen molar-refractivity contribution >= 4 is 0 Å². The number of ether oxygens (including phenoxy) is 1. The van der Waals surface area contributed by atoms with Gasteiger partial charge in [0, 0.05) is 0 Å². The van der Waals surface area contributed by atoms with Crippen LogP contribution in [0.2, 0.25) is 0 Å². The Labute approximate surface area is 60.5 Å². The van der Waals surface area contributed by atoms with Gasteiger partial charge in [0.05, 0.1) is 25.4 Å². The summed E-state index contributed by atoms with van der Waals surface area (Å²) in [7, 11) is 0. The zero-order valence-corrected chi connectivity index (χ0v) is 5.86. The molecule has 0 saturated carbocycles. The van der Waals surface area contributed by atoms with Crippen molar-refractivity contribution in [3.05, 3.63) is 12.2 Å². The molecule has 1 heterocycles. The average Bonchev–Trinajstić information content (AvgIpc) is 2.05. The maximum Gasteiger partial charge on any atom is 0.0786 e. The van der Waals surface area contributed by atoms with Crippen LogP contribution in [0.5, 0.6) is 0 Å². The van der Waals surface area contributed by atoms with Gasteiger partial charge in [-0.2, -0.15) is 0 Å². The molecule has 1 aliphatic heterocycles. The monoisotopic (exact) mass is 143 g/mol. The molecule has 0 aromatic carbocycles. The lowest BCUT2D eigenvalue weighted by atomic mass is 10.1. The van der Waals surface area contributed by atoms with Crippen molar-refractivity contribution in [2.75, 3.05) is 13.2 Å². The van der Waals surface area contributed by atoms with E-state index in [1.807, 2.05) is 12.2 Å². The Bertz CT molecular complexity index is 125. The third kappa shape index (κ3) is 1.80. The van der Waals surface area contributed by atoms with Gasteiger partial charge in [-0.1, -0.05) is 12.2 Å². The van der Waals surface area contributed by atoms with Gasteiger partial charge in [0.25, 0.3) is 0 Å². The maximum atomic E-state index is 8.66. The first-order chi connectivity index (χ1) is 4.84. The zero-order chi connectivity index (χ0) is 7.40. The van der Waals surface area contributed by atoms with E-state index in [1.54, 1.807) is 0 Å². The molecule has 1 aliphatic rings. The third-order valence-electron chi connectivity index (χ3n) is 1.63. The summed E-state index contributed by atoms with van der Waals surface area (Å²) in [5, 5.41) is 8.66. The van der Waals surface area contributed by atoms with Crippen LogP contribution in [0.1, 0.15) is 6.42 Å². The van der Waals surface area contributed by atoms with E-state index in [4.69, 9.17) is 15.6 Å². The van der Waals surface area contributed by atoms with Crippen molar-refractivity contribution in [3.8, 4) is 0 Å². The number of aliphatic hydroxyl groups is 1. The summed E-state index contributed by atoms with van der Waals surface area (Å²) in [6.07, 6.45) is 4.82. The molecule has 0 aliphatic carbocycles. The van der Waals surface area contributed by atoms with Crippen LogP contribution in [-0.4, -0.2) is 30.5 Å². The molecule has 0 amide bonds. The second-order valence-corrected chi connectivity index (χ2v) is 2.43. The molecule has 0 radical (unpaired) electrons. The van der Waals surface area contributed by atoms with E-state index in [0.29, 0.717) is 6.61 Å². The van der Waals surface area contributed by atoms with Crippen LogP contribution in [0.15, 0.2) is 12.2 Å². The summed E-state index contributed by atoms with van der Waals surface area (Å²) in [5.41, 5.74) is 5.54. The average molecular weight is 143 g/mol. The molecule has 2 atom stereocenters. The fraction of sp³-hybridized carbons (Fsp3) is 0.714.